The van der Waals surface area contributed by atoms with Gasteiger partial charge < -0.3 is 15.3 Å². The van der Waals surface area contributed by atoms with Crippen LogP contribution >= 0.6 is 11.3 Å². The predicted molar refractivity (Wildman–Crippen MR) is 199 cm³/mol. The van der Waals surface area contributed by atoms with Crippen molar-refractivity contribution in [2.24, 2.45) is 17.8 Å². The van der Waals surface area contributed by atoms with Crippen LogP contribution in [-0.2, 0) is 21.4 Å². The van der Waals surface area contributed by atoms with Crippen LogP contribution < -0.4 is 5.32 Å². The number of thiophene rings is 1. The molecule has 1 saturated carbocycles. The zero-order valence-corrected chi connectivity index (χ0v) is 30.8. The predicted octanol–water partition coefficient (Wildman–Crippen LogP) is 8.32. The first kappa shape index (κ1) is 36.0. The number of nitrogens with one attached hydrogen (secondary N) is 1. The Balaban J connectivity index is 1.12. The number of allylic oxidation sites excluding steroid dienone is 2. The van der Waals surface area contributed by atoms with Gasteiger partial charge in [-0.15, -0.1) is 11.3 Å². The molecule has 6 rings (SSSR count). The quantitative estimate of drug-likeness (QED) is 0.221. The van der Waals surface area contributed by atoms with E-state index in [4.69, 9.17) is 9.97 Å². The van der Waals surface area contributed by atoms with Gasteiger partial charge in [-0.2, -0.15) is 0 Å². The molecule has 2 N–H and O–H groups in total. The van der Waals surface area contributed by atoms with E-state index in [1.807, 2.05) is 42.7 Å². The van der Waals surface area contributed by atoms with Crippen LogP contribution in [0.2, 0.25) is 0 Å². The highest BCUT2D eigenvalue weighted by Crippen LogP contribution is 2.41. The Labute approximate surface area is 300 Å². The number of rotatable bonds is 10. The van der Waals surface area contributed by atoms with Gasteiger partial charge in [-0.05, 0) is 91.4 Å². The van der Waals surface area contributed by atoms with Gasteiger partial charge in [0.2, 0.25) is 5.91 Å². The van der Waals surface area contributed by atoms with E-state index in [0.29, 0.717) is 30.1 Å². The maximum Gasteiger partial charge on any atom is 0.326 e. The molecule has 2 aromatic heterocycles. The fourth-order valence-electron chi connectivity index (χ4n) is 8.06. The number of hydrogen-bond donors (Lipinski definition) is 2. The van der Waals surface area contributed by atoms with Crippen LogP contribution in [0.5, 0.6) is 0 Å². The third kappa shape index (κ3) is 8.36. The van der Waals surface area contributed by atoms with E-state index in [-0.39, 0.29) is 23.7 Å². The second-order valence-corrected chi connectivity index (χ2v) is 16.7. The van der Waals surface area contributed by atoms with Crippen molar-refractivity contribution in [3.63, 3.8) is 0 Å². The number of benzene rings is 1. The normalized spacial score (nSPS) is 23.3. The number of carboxylic acids is 1. The summed E-state index contributed by atoms with van der Waals surface area (Å²) in [5.41, 5.74) is 4.06. The van der Waals surface area contributed by atoms with Crippen LogP contribution in [0.25, 0.3) is 17.0 Å². The largest absolute Gasteiger partial charge is 0.480 e. The summed E-state index contributed by atoms with van der Waals surface area (Å²) in [4.78, 5) is 51.6. The number of carbonyl (C=O) groups excluding carboxylic acids is 2. The molecule has 9 heteroatoms. The van der Waals surface area contributed by atoms with E-state index in [1.165, 1.54) is 60.3 Å². The summed E-state index contributed by atoms with van der Waals surface area (Å²) in [6.45, 7) is 8.97. The zero-order valence-electron chi connectivity index (χ0n) is 30.0. The fraction of sp³-hybridized carbons (Fsp3) is 0.537. The van der Waals surface area contributed by atoms with Crippen LogP contribution in [0.3, 0.4) is 0 Å². The van der Waals surface area contributed by atoms with Gasteiger partial charge >= 0.3 is 5.97 Å². The number of carboxylic acid groups (broad SMARTS) is 1. The number of likely N-dealkylation sites (tertiary alicyclic amines) is 1. The first-order valence-corrected chi connectivity index (χ1v) is 19.4. The van der Waals surface area contributed by atoms with Gasteiger partial charge in [-0.25, -0.2) is 14.8 Å². The minimum atomic E-state index is -1.02. The van der Waals surface area contributed by atoms with Gasteiger partial charge in [0, 0.05) is 41.4 Å². The molecule has 2 unspecified atom stereocenters. The summed E-state index contributed by atoms with van der Waals surface area (Å²) in [7, 11) is 0. The molecule has 1 saturated heterocycles. The number of carbonyl (C=O) groups is 3. The third-order valence-electron chi connectivity index (χ3n) is 11.3. The molecule has 2 amide bonds. The second kappa shape index (κ2) is 15.6. The molecule has 8 nitrogen and oxygen atoms in total. The van der Waals surface area contributed by atoms with Gasteiger partial charge in [0.05, 0.1) is 4.88 Å². The summed E-state index contributed by atoms with van der Waals surface area (Å²) in [6, 6.07) is 9.70. The number of hydrogen-bond acceptors (Lipinski definition) is 6. The van der Waals surface area contributed by atoms with Gasteiger partial charge in [-0.3, -0.25) is 9.59 Å². The number of aromatic nitrogens is 2. The molecule has 266 valence electrons. The van der Waals surface area contributed by atoms with Gasteiger partial charge in [0.25, 0.3) is 5.91 Å². The summed E-state index contributed by atoms with van der Waals surface area (Å²) in [5, 5.41) is 12.7. The van der Waals surface area contributed by atoms with Crippen molar-refractivity contribution in [2.75, 3.05) is 6.54 Å². The van der Waals surface area contributed by atoms with Crippen LogP contribution in [0, 0.1) is 17.8 Å². The Bertz CT molecular complexity index is 1680. The third-order valence-corrected chi connectivity index (χ3v) is 12.8. The highest BCUT2D eigenvalue weighted by atomic mass is 32.1. The average molecular weight is 697 g/mol. The topological polar surface area (TPSA) is 112 Å². The van der Waals surface area contributed by atoms with Crippen molar-refractivity contribution >= 4 is 34.7 Å². The lowest BCUT2D eigenvalue weighted by molar-refractivity contribution is -0.148. The molecule has 0 radical (unpaired) electrons. The highest BCUT2D eigenvalue weighted by molar-refractivity contribution is 7.14. The van der Waals surface area contributed by atoms with Gasteiger partial charge in [0.1, 0.15) is 12.1 Å². The minimum Gasteiger partial charge on any atom is -0.480 e. The molecule has 1 aliphatic heterocycles. The number of aliphatic carboxylic acids is 1. The first-order valence-electron chi connectivity index (χ1n) is 18.6. The van der Waals surface area contributed by atoms with E-state index in [2.05, 4.69) is 39.1 Å². The van der Waals surface area contributed by atoms with Crippen LogP contribution in [0.4, 0.5) is 0 Å². The Hall–Kier alpha value is -3.85. The van der Waals surface area contributed by atoms with E-state index < -0.39 is 18.1 Å². The number of amides is 2. The van der Waals surface area contributed by atoms with Crippen molar-refractivity contribution in [3.8, 4) is 11.4 Å². The Kier molecular flexibility index (Phi) is 11.2. The molecule has 50 heavy (non-hydrogen) atoms. The molecule has 3 atom stereocenters. The smallest absolute Gasteiger partial charge is 0.326 e. The molecule has 3 aromatic rings. The summed E-state index contributed by atoms with van der Waals surface area (Å²) in [5.74, 6) is 1.55. The second-order valence-electron chi connectivity index (χ2n) is 15.6. The monoisotopic (exact) mass is 696 g/mol. The van der Waals surface area contributed by atoms with Crippen molar-refractivity contribution in [3.05, 3.63) is 75.7 Å². The minimum absolute atomic E-state index is 0.0990. The average Bonchev–Trinajstić information content (AvgIpc) is 3.83. The zero-order chi connectivity index (χ0) is 35.4. The molecule has 3 aliphatic rings. The molecule has 2 fully saturated rings. The number of nitrogens with zero attached hydrogens (tertiary/aromatic N) is 3. The Morgan fingerprint density at radius 1 is 0.940 bits per heavy atom. The highest BCUT2D eigenvalue weighted by Gasteiger charge is 2.38. The molecule has 2 aliphatic carbocycles. The van der Waals surface area contributed by atoms with E-state index >= 15 is 0 Å². The maximum atomic E-state index is 13.8. The molecule has 3 heterocycles. The van der Waals surface area contributed by atoms with Crippen LogP contribution in [0.1, 0.15) is 118 Å². The van der Waals surface area contributed by atoms with E-state index in [9.17, 15) is 19.5 Å². The molecule has 0 bridgehead atoms. The van der Waals surface area contributed by atoms with Crippen molar-refractivity contribution in [2.45, 2.75) is 116 Å². The lowest BCUT2D eigenvalue weighted by atomic mass is 9.71. The lowest BCUT2D eigenvalue weighted by Gasteiger charge is -2.35. The van der Waals surface area contributed by atoms with Crippen molar-refractivity contribution in [1.82, 2.24) is 20.2 Å². The molecular formula is C41H52N4O4S. The van der Waals surface area contributed by atoms with E-state index in [0.717, 1.165) is 52.2 Å². The lowest BCUT2D eigenvalue weighted by Crippen LogP contribution is -2.52. The Morgan fingerprint density at radius 2 is 1.66 bits per heavy atom. The van der Waals surface area contributed by atoms with Crippen LogP contribution in [-0.4, -0.2) is 56.4 Å². The van der Waals surface area contributed by atoms with Gasteiger partial charge in [0.15, 0.2) is 5.82 Å². The summed E-state index contributed by atoms with van der Waals surface area (Å²) >= 11 is 1.41. The van der Waals surface area contributed by atoms with Crippen LogP contribution in [0.15, 0.2) is 54.9 Å². The Morgan fingerprint density at radius 3 is 2.26 bits per heavy atom. The van der Waals surface area contributed by atoms with Gasteiger partial charge in [-0.1, -0.05) is 77.3 Å². The maximum absolute atomic E-state index is 13.8. The first-order chi connectivity index (χ1) is 24.0. The SMILES string of the molecule is CCC1CCC(C2CC=C(c3cnc(-c4ccc(C[C@H](NC(=O)c5ccc(C(C)(C)C)s5)C(=O)N5CCCC5C(=O)O)cc4)nc3)CC2)CC1. The molecular weight excluding hydrogens is 645 g/mol. The van der Waals surface area contributed by atoms with Crippen molar-refractivity contribution in [1.29, 1.82) is 0 Å². The molecule has 1 aromatic carbocycles. The summed E-state index contributed by atoms with van der Waals surface area (Å²) in [6.07, 6.45) is 18.0. The van der Waals surface area contributed by atoms with E-state index in [1.54, 1.807) is 6.07 Å². The molecule has 0 spiro atoms. The van der Waals surface area contributed by atoms with Crippen molar-refractivity contribution < 1.29 is 19.5 Å². The summed E-state index contributed by atoms with van der Waals surface area (Å²) < 4.78 is 0. The fourth-order valence-corrected chi connectivity index (χ4v) is 9.03. The standard InChI is InChI=1S/C41H52N4O4S/c1-5-26-8-12-28(13-9-26)29-16-18-30(19-17-29)32-24-42-37(43-25-32)31-14-10-27(11-15-31)23-33(39(47)45-22-6-7-34(45)40(48)49)44-38(46)35-20-21-36(50-35)41(2,3)4/h10-11,14-15,18,20-21,24-26,28-29,33-34H,5-9,12-13,16-17,19,22-23H2,1-4H3,(H,44,46)(H,48,49)/t26?,28?,29?,33-,34?/m0/s1.